The molecular weight excluding hydrogens is 240 g/mol. The molecule has 0 fully saturated rings. The first-order valence-corrected chi connectivity index (χ1v) is 5.73. The third kappa shape index (κ3) is 1.16. The molecule has 0 saturated heterocycles. The van der Waals surface area contributed by atoms with Crippen LogP contribution >= 0.6 is 15.9 Å². The Morgan fingerprint density at radius 3 is 3.07 bits per heavy atom. The highest BCUT2D eigenvalue weighted by molar-refractivity contribution is 9.09. The summed E-state index contributed by atoms with van der Waals surface area (Å²) in [5.74, 6) is 1.20. The number of halogens is 1. The normalized spacial score (nSPS) is 20.5. The van der Waals surface area contributed by atoms with Crippen LogP contribution in [0.3, 0.4) is 0 Å². The van der Waals surface area contributed by atoms with Crippen LogP contribution in [0.5, 0.6) is 0 Å². The molecule has 0 aliphatic carbocycles. The summed E-state index contributed by atoms with van der Waals surface area (Å²) >= 11 is 3.65. The number of fused-ring (bicyclic) bond motifs is 3. The minimum absolute atomic E-state index is 0.550. The largest absolute Gasteiger partial charge is 0.370 e. The fourth-order valence-electron chi connectivity index (χ4n) is 2.07. The molecule has 0 radical (unpaired) electrons. The maximum absolute atomic E-state index is 3.65. The lowest BCUT2D eigenvalue weighted by Gasteiger charge is -2.18. The van der Waals surface area contributed by atoms with Gasteiger partial charge in [-0.3, -0.25) is 0 Å². The van der Waals surface area contributed by atoms with Gasteiger partial charge in [0.15, 0.2) is 0 Å². The van der Waals surface area contributed by atoms with Gasteiger partial charge in [0.2, 0.25) is 0 Å². The van der Waals surface area contributed by atoms with Crippen LogP contribution in [0.4, 0.5) is 5.82 Å². The van der Waals surface area contributed by atoms with Crippen LogP contribution in [0.1, 0.15) is 5.56 Å². The van der Waals surface area contributed by atoms with Crippen molar-refractivity contribution in [2.24, 2.45) is 0 Å². The van der Waals surface area contributed by atoms with E-state index in [0.29, 0.717) is 4.83 Å². The van der Waals surface area contributed by atoms with E-state index in [1.165, 1.54) is 22.3 Å². The molecule has 2 heterocycles. The number of anilines is 1. The van der Waals surface area contributed by atoms with Crippen molar-refractivity contribution in [3.8, 4) is 0 Å². The summed E-state index contributed by atoms with van der Waals surface area (Å²) in [5, 5.41) is 4.75. The number of para-hydroxylation sites is 1. The van der Waals surface area contributed by atoms with E-state index in [2.05, 4.69) is 50.5 Å². The zero-order valence-electron chi connectivity index (χ0n) is 7.68. The Kier molecular flexibility index (Phi) is 1.80. The third-order valence-corrected chi connectivity index (χ3v) is 3.39. The molecule has 0 amide bonds. The molecule has 0 spiro atoms. The number of nitrogens with one attached hydrogen (secondary N) is 2. The standard InChI is InChI=1S/C11H11BrN2/c12-7-5-9-8-3-1-2-4-10(8)14-11(9)13-6-7/h1-4,7,13-14H,5-6H2. The maximum Gasteiger partial charge on any atom is 0.107 e. The molecule has 72 valence electrons. The average molecular weight is 251 g/mol. The molecule has 2 aromatic rings. The van der Waals surface area contributed by atoms with Crippen molar-refractivity contribution in [3.05, 3.63) is 29.8 Å². The number of hydrogen-bond donors (Lipinski definition) is 2. The van der Waals surface area contributed by atoms with Gasteiger partial charge in [0.1, 0.15) is 5.82 Å². The first-order chi connectivity index (χ1) is 6.84. The van der Waals surface area contributed by atoms with E-state index in [-0.39, 0.29) is 0 Å². The lowest BCUT2D eigenvalue weighted by Crippen LogP contribution is -2.22. The lowest BCUT2D eigenvalue weighted by molar-refractivity contribution is 0.865. The fourth-order valence-corrected chi connectivity index (χ4v) is 2.56. The molecule has 1 aromatic carbocycles. The van der Waals surface area contributed by atoms with Crippen LogP contribution in [0.25, 0.3) is 10.9 Å². The van der Waals surface area contributed by atoms with Crippen molar-refractivity contribution >= 4 is 32.7 Å². The summed E-state index contributed by atoms with van der Waals surface area (Å²) in [6.07, 6.45) is 1.10. The topological polar surface area (TPSA) is 27.8 Å². The molecule has 1 aliphatic rings. The summed E-state index contributed by atoms with van der Waals surface area (Å²) < 4.78 is 0. The minimum atomic E-state index is 0.550. The van der Waals surface area contributed by atoms with Gasteiger partial charge in [0.25, 0.3) is 0 Å². The molecule has 14 heavy (non-hydrogen) atoms. The van der Waals surface area contributed by atoms with E-state index in [1.807, 2.05) is 0 Å². The third-order valence-electron chi connectivity index (χ3n) is 2.74. The quantitative estimate of drug-likeness (QED) is 0.692. The van der Waals surface area contributed by atoms with Gasteiger partial charge in [-0.05, 0) is 12.5 Å². The maximum atomic E-state index is 3.65. The molecule has 1 atom stereocenters. The number of benzene rings is 1. The second kappa shape index (κ2) is 3.02. The Hall–Kier alpha value is -0.960. The van der Waals surface area contributed by atoms with Gasteiger partial charge in [-0.1, -0.05) is 34.1 Å². The molecule has 1 unspecified atom stereocenters. The van der Waals surface area contributed by atoms with Gasteiger partial charge in [0.05, 0.1) is 0 Å². The van der Waals surface area contributed by atoms with Crippen LogP contribution in [0.15, 0.2) is 24.3 Å². The van der Waals surface area contributed by atoms with Crippen molar-refractivity contribution in [1.82, 2.24) is 4.98 Å². The first kappa shape index (κ1) is 8.36. The predicted molar refractivity (Wildman–Crippen MR) is 63.2 cm³/mol. The van der Waals surface area contributed by atoms with Gasteiger partial charge >= 0.3 is 0 Å². The summed E-state index contributed by atoms with van der Waals surface area (Å²) in [4.78, 5) is 3.95. The fraction of sp³-hybridized carbons (Fsp3) is 0.273. The molecule has 0 bridgehead atoms. The number of alkyl halides is 1. The minimum Gasteiger partial charge on any atom is -0.370 e. The Labute approximate surface area is 90.8 Å². The Morgan fingerprint density at radius 1 is 1.29 bits per heavy atom. The van der Waals surface area contributed by atoms with E-state index in [9.17, 15) is 0 Å². The lowest BCUT2D eigenvalue weighted by atomic mass is 10.1. The monoisotopic (exact) mass is 250 g/mol. The van der Waals surface area contributed by atoms with Crippen LogP contribution < -0.4 is 5.32 Å². The Bertz CT molecular complexity index is 475. The number of H-pyrrole nitrogens is 1. The second-order valence-corrected chi connectivity index (χ2v) is 5.00. The molecule has 1 aromatic heterocycles. The Balaban J connectivity index is 2.25. The molecule has 2 nitrogen and oxygen atoms in total. The van der Waals surface area contributed by atoms with E-state index >= 15 is 0 Å². The summed E-state index contributed by atoms with van der Waals surface area (Å²) in [5.41, 5.74) is 2.64. The number of hydrogen-bond acceptors (Lipinski definition) is 1. The van der Waals surface area contributed by atoms with E-state index in [4.69, 9.17) is 0 Å². The van der Waals surface area contributed by atoms with Crippen LogP contribution in [-0.2, 0) is 6.42 Å². The second-order valence-electron chi connectivity index (χ2n) is 3.71. The highest BCUT2D eigenvalue weighted by Crippen LogP contribution is 2.31. The predicted octanol–water partition coefficient (Wildman–Crippen LogP) is 2.90. The van der Waals surface area contributed by atoms with Gasteiger partial charge < -0.3 is 10.3 Å². The highest BCUT2D eigenvalue weighted by atomic mass is 79.9. The molecule has 1 aliphatic heterocycles. The molecular formula is C11H11BrN2. The van der Waals surface area contributed by atoms with E-state index in [0.717, 1.165) is 13.0 Å². The molecule has 3 heteroatoms. The van der Waals surface area contributed by atoms with E-state index < -0.39 is 0 Å². The van der Waals surface area contributed by atoms with Crippen LogP contribution in [0.2, 0.25) is 0 Å². The van der Waals surface area contributed by atoms with E-state index in [1.54, 1.807) is 0 Å². The van der Waals surface area contributed by atoms with Crippen molar-refractivity contribution in [3.63, 3.8) is 0 Å². The van der Waals surface area contributed by atoms with Gasteiger partial charge in [-0.15, -0.1) is 0 Å². The molecule has 2 N–H and O–H groups in total. The smallest absolute Gasteiger partial charge is 0.107 e. The average Bonchev–Trinajstić information content (AvgIpc) is 2.56. The molecule has 0 saturated carbocycles. The molecule has 3 rings (SSSR count). The van der Waals surface area contributed by atoms with Gasteiger partial charge in [-0.2, -0.15) is 0 Å². The van der Waals surface area contributed by atoms with Crippen molar-refractivity contribution in [2.75, 3.05) is 11.9 Å². The number of aromatic amines is 1. The van der Waals surface area contributed by atoms with Gasteiger partial charge in [0, 0.05) is 27.8 Å². The first-order valence-electron chi connectivity index (χ1n) is 4.82. The van der Waals surface area contributed by atoms with Crippen molar-refractivity contribution < 1.29 is 0 Å². The van der Waals surface area contributed by atoms with Crippen molar-refractivity contribution in [1.29, 1.82) is 0 Å². The van der Waals surface area contributed by atoms with Gasteiger partial charge in [-0.25, -0.2) is 0 Å². The SMILES string of the molecule is BrC1CNc2[nH]c3ccccc3c2C1. The number of rotatable bonds is 0. The van der Waals surface area contributed by atoms with Crippen molar-refractivity contribution in [2.45, 2.75) is 11.2 Å². The summed E-state index contributed by atoms with van der Waals surface area (Å²) in [6, 6.07) is 8.46. The summed E-state index contributed by atoms with van der Waals surface area (Å²) in [6.45, 7) is 1.000. The number of aromatic nitrogens is 1. The summed E-state index contributed by atoms with van der Waals surface area (Å²) in [7, 11) is 0. The van der Waals surface area contributed by atoms with Crippen LogP contribution in [-0.4, -0.2) is 16.4 Å². The van der Waals surface area contributed by atoms with Crippen LogP contribution in [0, 0.1) is 0 Å². The Morgan fingerprint density at radius 2 is 2.14 bits per heavy atom. The zero-order chi connectivity index (χ0) is 9.54. The highest BCUT2D eigenvalue weighted by Gasteiger charge is 2.19. The zero-order valence-corrected chi connectivity index (χ0v) is 9.26.